The number of aryl methyl sites for hydroxylation is 3. The summed E-state index contributed by atoms with van der Waals surface area (Å²) in [4.78, 5) is 24.5. The van der Waals surface area contributed by atoms with Gasteiger partial charge in [-0.1, -0.05) is 60.2 Å². The Balaban J connectivity index is 1.53. The number of nitrogens with one attached hydrogen (secondary N) is 2. The highest BCUT2D eigenvalue weighted by molar-refractivity contribution is 5.95. The molecular formula is C22H24N4O2. The van der Waals surface area contributed by atoms with Gasteiger partial charge >= 0.3 is 0 Å². The van der Waals surface area contributed by atoms with Crippen LogP contribution in [0.1, 0.15) is 33.6 Å². The Kier molecular flexibility index (Phi) is 6.22. The van der Waals surface area contributed by atoms with Gasteiger partial charge in [0.25, 0.3) is 5.91 Å². The molecule has 0 atom stereocenters. The maximum atomic E-state index is 12.3. The van der Waals surface area contributed by atoms with Crippen LogP contribution in [0, 0.1) is 6.92 Å². The fraction of sp³-hybridized carbons (Fsp3) is 0.227. The fourth-order valence-electron chi connectivity index (χ4n) is 2.78. The number of aromatic nitrogens is 2. The largest absolute Gasteiger partial charge is 0.347 e. The van der Waals surface area contributed by atoms with Gasteiger partial charge in [-0.3, -0.25) is 14.3 Å². The first-order chi connectivity index (χ1) is 13.5. The third-order valence-corrected chi connectivity index (χ3v) is 4.44. The number of hydrogen-bond acceptors (Lipinski definition) is 3. The van der Waals surface area contributed by atoms with Crippen LogP contribution in [0.25, 0.3) is 0 Å². The lowest BCUT2D eigenvalue weighted by Gasteiger charge is -2.05. The van der Waals surface area contributed by atoms with Gasteiger partial charge in [-0.05, 0) is 24.5 Å². The Labute approximate surface area is 164 Å². The van der Waals surface area contributed by atoms with Crippen LogP contribution in [0.2, 0.25) is 0 Å². The van der Waals surface area contributed by atoms with Crippen LogP contribution in [0.4, 0.5) is 5.82 Å². The quantitative estimate of drug-likeness (QED) is 0.665. The van der Waals surface area contributed by atoms with Gasteiger partial charge in [0.05, 0.1) is 0 Å². The number of benzene rings is 2. The lowest BCUT2D eigenvalue weighted by molar-refractivity contribution is -0.116. The van der Waals surface area contributed by atoms with Crippen molar-refractivity contribution in [3.63, 3.8) is 0 Å². The predicted octanol–water partition coefficient (Wildman–Crippen LogP) is 3.23. The van der Waals surface area contributed by atoms with Gasteiger partial charge in [0.1, 0.15) is 5.82 Å². The topological polar surface area (TPSA) is 76.0 Å². The first kappa shape index (κ1) is 19.4. The Hall–Kier alpha value is -3.41. The van der Waals surface area contributed by atoms with Gasteiger partial charge in [-0.15, -0.1) is 0 Å². The van der Waals surface area contributed by atoms with Crippen molar-refractivity contribution in [1.82, 2.24) is 15.1 Å². The maximum absolute atomic E-state index is 12.3. The van der Waals surface area contributed by atoms with Crippen molar-refractivity contribution in [2.24, 2.45) is 7.05 Å². The van der Waals surface area contributed by atoms with Gasteiger partial charge in [0, 0.05) is 26.1 Å². The average molecular weight is 376 g/mol. The molecule has 0 radical (unpaired) electrons. The molecule has 0 bridgehead atoms. The summed E-state index contributed by atoms with van der Waals surface area (Å²) in [5, 5.41) is 9.86. The van der Waals surface area contributed by atoms with Gasteiger partial charge in [-0.2, -0.15) is 5.10 Å². The molecule has 0 saturated carbocycles. The predicted molar refractivity (Wildman–Crippen MR) is 109 cm³/mol. The van der Waals surface area contributed by atoms with Crippen molar-refractivity contribution in [3.8, 4) is 0 Å². The molecule has 3 aromatic rings. The van der Waals surface area contributed by atoms with E-state index in [4.69, 9.17) is 0 Å². The minimum absolute atomic E-state index is 0.113. The van der Waals surface area contributed by atoms with E-state index in [1.165, 1.54) is 10.2 Å². The van der Waals surface area contributed by atoms with Gasteiger partial charge in [0.2, 0.25) is 5.91 Å². The molecule has 1 heterocycles. The van der Waals surface area contributed by atoms with Gasteiger partial charge in [0.15, 0.2) is 5.69 Å². The molecular weight excluding hydrogens is 352 g/mol. The van der Waals surface area contributed by atoms with E-state index in [1.807, 2.05) is 61.5 Å². The zero-order chi connectivity index (χ0) is 19.9. The molecule has 0 aliphatic heterocycles. The molecule has 0 saturated heterocycles. The molecule has 6 heteroatoms. The molecule has 1 aromatic heterocycles. The van der Waals surface area contributed by atoms with Crippen molar-refractivity contribution < 1.29 is 9.59 Å². The third-order valence-electron chi connectivity index (χ3n) is 4.44. The van der Waals surface area contributed by atoms with E-state index < -0.39 is 0 Å². The van der Waals surface area contributed by atoms with Crippen LogP contribution in [-0.4, -0.2) is 21.6 Å². The van der Waals surface area contributed by atoms with Crippen molar-refractivity contribution in [1.29, 1.82) is 0 Å². The molecule has 0 aliphatic carbocycles. The minimum Gasteiger partial charge on any atom is -0.347 e. The van der Waals surface area contributed by atoms with Gasteiger partial charge in [-0.25, -0.2) is 0 Å². The summed E-state index contributed by atoms with van der Waals surface area (Å²) < 4.78 is 1.50. The molecule has 0 fully saturated rings. The first-order valence-corrected chi connectivity index (χ1v) is 9.23. The second-order valence-corrected chi connectivity index (χ2v) is 6.74. The standard InChI is InChI=1S/C22H24N4O2/c1-16-8-10-18(11-9-16)15-23-22(28)19-14-20(26(2)25-19)24-21(27)13-12-17-6-4-3-5-7-17/h3-11,14H,12-13,15H2,1-2H3,(H,23,28)(H,24,27). The minimum atomic E-state index is -0.277. The molecule has 0 unspecified atom stereocenters. The smallest absolute Gasteiger partial charge is 0.272 e. The van der Waals surface area contributed by atoms with E-state index in [0.717, 1.165) is 11.1 Å². The number of rotatable bonds is 7. The van der Waals surface area contributed by atoms with Crippen LogP contribution < -0.4 is 10.6 Å². The van der Waals surface area contributed by atoms with E-state index in [9.17, 15) is 9.59 Å². The van der Waals surface area contributed by atoms with Crippen LogP contribution in [0.3, 0.4) is 0 Å². The third kappa shape index (κ3) is 5.30. The lowest BCUT2D eigenvalue weighted by Crippen LogP contribution is -2.23. The van der Waals surface area contributed by atoms with Crippen LogP contribution in [0.5, 0.6) is 0 Å². The summed E-state index contributed by atoms with van der Waals surface area (Å²) in [5.41, 5.74) is 3.57. The van der Waals surface area contributed by atoms with Gasteiger partial charge < -0.3 is 10.6 Å². The number of amides is 2. The Bertz CT molecular complexity index is 946. The summed E-state index contributed by atoms with van der Waals surface area (Å²) in [6.07, 6.45) is 1.03. The maximum Gasteiger partial charge on any atom is 0.272 e. The lowest BCUT2D eigenvalue weighted by atomic mass is 10.1. The van der Waals surface area contributed by atoms with Crippen molar-refractivity contribution >= 4 is 17.6 Å². The van der Waals surface area contributed by atoms with E-state index >= 15 is 0 Å². The normalized spacial score (nSPS) is 10.5. The molecule has 2 amide bonds. The first-order valence-electron chi connectivity index (χ1n) is 9.23. The van der Waals surface area contributed by atoms with Crippen LogP contribution >= 0.6 is 0 Å². The molecule has 0 spiro atoms. The van der Waals surface area contributed by atoms with Crippen molar-refractivity contribution in [2.75, 3.05) is 5.32 Å². The second kappa shape index (κ2) is 8.99. The van der Waals surface area contributed by atoms with Crippen molar-refractivity contribution in [3.05, 3.63) is 83.0 Å². The highest BCUT2D eigenvalue weighted by Gasteiger charge is 2.14. The second-order valence-electron chi connectivity index (χ2n) is 6.74. The zero-order valence-electron chi connectivity index (χ0n) is 16.1. The molecule has 6 nitrogen and oxygen atoms in total. The van der Waals surface area contributed by atoms with E-state index in [2.05, 4.69) is 15.7 Å². The molecule has 0 aliphatic rings. The van der Waals surface area contributed by atoms with Crippen LogP contribution in [-0.2, 0) is 24.8 Å². The number of carbonyl (C=O) groups is 2. The molecule has 144 valence electrons. The Morgan fingerprint density at radius 3 is 2.43 bits per heavy atom. The Morgan fingerprint density at radius 1 is 1.00 bits per heavy atom. The number of hydrogen-bond donors (Lipinski definition) is 2. The summed E-state index contributed by atoms with van der Waals surface area (Å²) in [6, 6.07) is 19.4. The number of carbonyl (C=O) groups excluding carboxylic acids is 2. The highest BCUT2D eigenvalue weighted by atomic mass is 16.2. The van der Waals surface area contributed by atoms with E-state index in [0.29, 0.717) is 25.2 Å². The Morgan fingerprint density at radius 2 is 1.71 bits per heavy atom. The molecule has 28 heavy (non-hydrogen) atoms. The van der Waals surface area contributed by atoms with E-state index in [-0.39, 0.29) is 17.5 Å². The summed E-state index contributed by atoms with van der Waals surface area (Å²) >= 11 is 0. The summed E-state index contributed by atoms with van der Waals surface area (Å²) in [6.45, 7) is 2.44. The average Bonchev–Trinajstić information content (AvgIpc) is 3.07. The molecule has 3 rings (SSSR count). The number of nitrogens with zero attached hydrogens (tertiary/aromatic N) is 2. The molecule has 2 aromatic carbocycles. The summed E-state index contributed by atoms with van der Waals surface area (Å²) in [7, 11) is 1.70. The zero-order valence-corrected chi connectivity index (χ0v) is 16.1. The van der Waals surface area contributed by atoms with Crippen molar-refractivity contribution in [2.45, 2.75) is 26.3 Å². The van der Waals surface area contributed by atoms with E-state index in [1.54, 1.807) is 13.1 Å². The fourth-order valence-corrected chi connectivity index (χ4v) is 2.78. The monoisotopic (exact) mass is 376 g/mol. The molecule has 2 N–H and O–H groups in total. The highest BCUT2D eigenvalue weighted by Crippen LogP contribution is 2.11. The number of anilines is 1. The SMILES string of the molecule is Cc1ccc(CNC(=O)c2cc(NC(=O)CCc3ccccc3)n(C)n2)cc1. The summed E-state index contributed by atoms with van der Waals surface area (Å²) in [5.74, 6) is 0.109. The van der Waals surface area contributed by atoms with Crippen LogP contribution in [0.15, 0.2) is 60.7 Å².